The first-order chi connectivity index (χ1) is 7.08. The molecule has 0 unspecified atom stereocenters. The van der Waals surface area contributed by atoms with Gasteiger partial charge in [0.2, 0.25) is 0 Å². The van der Waals surface area contributed by atoms with E-state index < -0.39 is 0 Å². The summed E-state index contributed by atoms with van der Waals surface area (Å²) >= 11 is 0. The van der Waals surface area contributed by atoms with Gasteiger partial charge in [-0.05, 0) is 37.5 Å². The van der Waals surface area contributed by atoms with Crippen molar-refractivity contribution in [1.82, 2.24) is 0 Å². The Morgan fingerprint density at radius 2 is 1.93 bits per heavy atom. The van der Waals surface area contributed by atoms with Crippen LogP contribution in [0.2, 0.25) is 0 Å². The third-order valence-electron chi connectivity index (χ3n) is 2.53. The second-order valence-electron chi connectivity index (χ2n) is 5.59. The summed E-state index contributed by atoms with van der Waals surface area (Å²) in [6.45, 7) is 6.95. The molecule has 1 rings (SSSR count). The van der Waals surface area contributed by atoms with Gasteiger partial charge in [-0.3, -0.25) is 0 Å². The molecule has 84 valence electrons. The summed E-state index contributed by atoms with van der Waals surface area (Å²) in [6, 6.07) is 0. The van der Waals surface area contributed by atoms with Crippen molar-refractivity contribution in [3.8, 4) is 0 Å². The molecule has 0 aromatic rings. The Labute approximate surface area is 94.8 Å². The molecule has 0 saturated heterocycles. The molecule has 0 heterocycles. The lowest BCUT2D eigenvalue weighted by atomic mass is 9.86. The van der Waals surface area contributed by atoms with Gasteiger partial charge >= 0.3 is 0 Å². The second-order valence-corrected chi connectivity index (χ2v) is 5.59. The first-order valence-electron chi connectivity index (χ1n) is 6.07. The maximum Gasteiger partial charge on any atom is -0.0166 e. The van der Waals surface area contributed by atoms with E-state index in [4.69, 9.17) is 0 Å². The van der Waals surface area contributed by atoms with Crippen LogP contribution >= 0.6 is 0 Å². The zero-order valence-corrected chi connectivity index (χ0v) is 10.4. The molecular formula is C15H24. The maximum absolute atomic E-state index is 2.32. The van der Waals surface area contributed by atoms with E-state index >= 15 is 0 Å². The van der Waals surface area contributed by atoms with E-state index in [0.717, 1.165) is 6.42 Å². The normalized spacial score (nSPS) is 26.5. The molecule has 0 saturated carbocycles. The molecule has 15 heavy (non-hydrogen) atoms. The fraction of sp³-hybridized carbons (Fsp3) is 0.600. The van der Waals surface area contributed by atoms with Crippen molar-refractivity contribution < 1.29 is 0 Å². The fourth-order valence-corrected chi connectivity index (χ4v) is 1.93. The summed E-state index contributed by atoms with van der Waals surface area (Å²) in [5.74, 6) is 0. The fourth-order valence-electron chi connectivity index (χ4n) is 1.93. The highest BCUT2D eigenvalue weighted by Crippen LogP contribution is 2.27. The number of hydrogen-bond acceptors (Lipinski definition) is 0. The minimum atomic E-state index is 0.416. The van der Waals surface area contributed by atoms with Crippen molar-refractivity contribution in [3.05, 3.63) is 36.0 Å². The van der Waals surface area contributed by atoms with Gasteiger partial charge in [0.25, 0.3) is 0 Å². The highest BCUT2D eigenvalue weighted by Gasteiger charge is 2.12. The third kappa shape index (κ3) is 6.33. The van der Waals surface area contributed by atoms with Gasteiger partial charge in [-0.25, -0.2) is 0 Å². The summed E-state index contributed by atoms with van der Waals surface area (Å²) in [6.07, 6.45) is 17.4. The average Bonchev–Trinajstić information content (AvgIpc) is 2.13. The van der Waals surface area contributed by atoms with E-state index in [-0.39, 0.29) is 0 Å². The number of hydrogen-bond donors (Lipinski definition) is 0. The molecule has 0 heteroatoms. The van der Waals surface area contributed by atoms with Gasteiger partial charge in [0, 0.05) is 0 Å². The highest BCUT2D eigenvalue weighted by atomic mass is 14.2. The Morgan fingerprint density at radius 3 is 2.67 bits per heavy atom. The van der Waals surface area contributed by atoms with Crippen molar-refractivity contribution in [2.24, 2.45) is 5.41 Å². The molecule has 0 spiro atoms. The van der Waals surface area contributed by atoms with E-state index in [1.165, 1.54) is 25.7 Å². The molecule has 0 fully saturated rings. The van der Waals surface area contributed by atoms with Crippen LogP contribution in [0.1, 0.15) is 52.9 Å². The zero-order chi connectivity index (χ0) is 11.1. The Kier molecular flexibility index (Phi) is 4.87. The van der Waals surface area contributed by atoms with Crippen LogP contribution < -0.4 is 0 Å². The molecule has 0 amide bonds. The minimum Gasteiger partial charge on any atom is -0.0882 e. The summed E-state index contributed by atoms with van der Waals surface area (Å²) in [7, 11) is 0. The van der Waals surface area contributed by atoms with E-state index in [2.05, 4.69) is 51.2 Å². The molecule has 0 aliphatic heterocycles. The van der Waals surface area contributed by atoms with E-state index in [1.54, 1.807) is 5.57 Å². The largest absolute Gasteiger partial charge is 0.0882 e. The Morgan fingerprint density at radius 1 is 1.13 bits per heavy atom. The Bertz CT molecular complexity index is 258. The third-order valence-corrected chi connectivity index (χ3v) is 2.53. The van der Waals surface area contributed by atoms with Crippen LogP contribution in [0.15, 0.2) is 36.0 Å². The predicted molar refractivity (Wildman–Crippen MR) is 68.9 cm³/mol. The van der Waals surface area contributed by atoms with Crippen LogP contribution in [0.25, 0.3) is 0 Å². The average molecular weight is 204 g/mol. The molecule has 0 radical (unpaired) electrons. The van der Waals surface area contributed by atoms with Gasteiger partial charge in [-0.1, -0.05) is 56.7 Å². The minimum absolute atomic E-state index is 0.416. The van der Waals surface area contributed by atoms with Gasteiger partial charge in [0.05, 0.1) is 0 Å². The van der Waals surface area contributed by atoms with Gasteiger partial charge in [-0.15, -0.1) is 0 Å². The Balaban J connectivity index is 2.60. The SMILES string of the molecule is CC(C)(C)C/C1=C/C=C\C/C=C\CCC1. The van der Waals surface area contributed by atoms with Crippen LogP contribution in [-0.2, 0) is 0 Å². The topological polar surface area (TPSA) is 0 Å². The molecule has 0 nitrogen and oxygen atoms in total. The van der Waals surface area contributed by atoms with Crippen molar-refractivity contribution in [2.45, 2.75) is 52.9 Å². The van der Waals surface area contributed by atoms with Gasteiger partial charge < -0.3 is 0 Å². The maximum atomic E-state index is 2.32. The van der Waals surface area contributed by atoms with Crippen LogP contribution in [0.4, 0.5) is 0 Å². The van der Waals surface area contributed by atoms with Crippen LogP contribution in [-0.4, -0.2) is 0 Å². The van der Waals surface area contributed by atoms with Gasteiger partial charge in [-0.2, -0.15) is 0 Å². The first kappa shape index (κ1) is 12.3. The smallest absolute Gasteiger partial charge is 0.0166 e. The lowest BCUT2D eigenvalue weighted by molar-refractivity contribution is 0.403. The second kappa shape index (κ2) is 5.95. The summed E-state index contributed by atoms with van der Waals surface area (Å²) in [5, 5.41) is 0. The van der Waals surface area contributed by atoms with Crippen molar-refractivity contribution in [3.63, 3.8) is 0 Å². The molecule has 1 aliphatic rings. The molecule has 0 N–H and O–H groups in total. The zero-order valence-electron chi connectivity index (χ0n) is 10.4. The molecule has 0 bridgehead atoms. The highest BCUT2D eigenvalue weighted by molar-refractivity contribution is 5.15. The Hall–Kier alpha value is -0.780. The van der Waals surface area contributed by atoms with Crippen LogP contribution in [0.5, 0.6) is 0 Å². The quantitative estimate of drug-likeness (QED) is 0.525. The summed E-state index contributed by atoms with van der Waals surface area (Å²) in [4.78, 5) is 0. The monoisotopic (exact) mass is 204 g/mol. The van der Waals surface area contributed by atoms with E-state index in [9.17, 15) is 0 Å². The molecule has 0 aromatic heterocycles. The van der Waals surface area contributed by atoms with Crippen molar-refractivity contribution >= 4 is 0 Å². The van der Waals surface area contributed by atoms with E-state index in [1.807, 2.05) is 0 Å². The van der Waals surface area contributed by atoms with Crippen LogP contribution in [0.3, 0.4) is 0 Å². The summed E-state index contributed by atoms with van der Waals surface area (Å²) < 4.78 is 0. The number of rotatable bonds is 1. The first-order valence-corrected chi connectivity index (χ1v) is 6.07. The molecule has 0 aromatic carbocycles. The molecule has 1 aliphatic carbocycles. The summed E-state index contributed by atoms with van der Waals surface area (Å²) in [5.41, 5.74) is 2.02. The lowest BCUT2D eigenvalue weighted by Gasteiger charge is -2.20. The van der Waals surface area contributed by atoms with Crippen LogP contribution in [0, 0.1) is 5.41 Å². The van der Waals surface area contributed by atoms with Crippen molar-refractivity contribution in [2.75, 3.05) is 0 Å². The van der Waals surface area contributed by atoms with Gasteiger partial charge in [0.1, 0.15) is 0 Å². The molecular weight excluding hydrogens is 180 g/mol. The van der Waals surface area contributed by atoms with Crippen molar-refractivity contribution in [1.29, 1.82) is 0 Å². The van der Waals surface area contributed by atoms with E-state index in [0.29, 0.717) is 5.41 Å². The predicted octanol–water partition coefficient (Wildman–Crippen LogP) is 5.04. The van der Waals surface area contributed by atoms with Gasteiger partial charge in [0.15, 0.2) is 0 Å². The number of allylic oxidation sites excluding steroid dienone is 6. The standard InChI is InChI=1S/C15H24/c1-15(2,3)13-14-11-9-7-5-4-6-8-10-12-14/h4-5,8,10,12H,6-7,9,11,13H2,1-3H3/b5-4-,10-8-,14-12+. The molecule has 0 atom stereocenters. The lowest BCUT2D eigenvalue weighted by Crippen LogP contribution is -2.06.